The van der Waals surface area contributed by atoms with Gasteiger partial charge in [0.15, 0.2) is 0 Å². The molecular formula is C12H10N6O2. The third-order valence-corrected chi connectivity index (χ3v) is 2.68. The van der Waals surface area contributed by atoms with Crippen molar-refractivity contribution in [2.45, 2.75) is 6.54 Å². The molecule has 1 aromatic carbocycles. The highest BCUT2D eigenvalue weighted by Crippen LogP contribution is 2.18. The monoisotopic (exact) mass is 270 g/mol. The average Bonchev–Trinajstić information content (AvgIpc) is 3.18. The predicted molar refractivity (Wildman–Crippen MR) is 67.3 cm³/mol. The van der Waals surface area contributed by atoms with Crippen LogP contribution in [0.5, 0.6) is 0 Å². The summed E-state index contributed by atoms with van der Waals surface area (Å²) in [5, 5.41) is 20.1. The van der Waals surface area contributed by atoms with E-state index >= 15 is 0 Å². The number of rotatable bonds is 4. The molecule has 0 spiro atoms. The van der Waals surface area contributed by atoms with E-state index in [2.05, 4.69) is 31.1 Å². The van der Waals surface area contributed by atoms with E-state index in [0.29, 0.717) is 22.6 Å². The molecule has 100 valence electrons. The summed E-state index contributed by atoms with van der Waals surface area (Å²) < 4.78 is 4.70. The van der Waals surface area contributed by atoms with Crippen LogP contribution in [0.3, 0.4) is 0 Å². The van der Waals surface area contributed by atoms with E-state index < -0.39 is 0 Å². The number of carbonyl (C=O) groups excluding carboxylic acids is 1. The molecule has 2 heterocycles. The summed E-state index contributed by atoms with van der Waals surface area (Å²) in [5.74, 6) is 0.130. The molecule has 0 radical (unpaired) electrons. The van der Waals surface area contributed by atoms with Crippen molar-refractivity contribution in [3.8, 4) is 11.4 Å². The molecule has 0 saturated heterocycles. The van der Waals surface area contributed by atoms with Gasteiger partial charge in [0, 0.05) is 11.6 Å². The Hall–Kier alpha value is -3.03. The van der Waals surface area contributed by atoms with Gasteiger partial charge in [-0.15, -0.1) is 10.2 Å². The lowest BCUT2D eigenvalue weighted by Crippen LogP contribution is -2.23. The Balaban J connectivity index is 1.81. The second kappa shape index (κ2) is 5.31. The second-order valence-corrected chi connectivity index (χ2v) is 3.95. The van der Waals surface area contributed by atoms with E-state index in [1.165, 1.54) is 6.26 Å². The highest BCUT2D eigenvalue weighted by atomic mass is 16.5. The van der Waals surface area contributed by atoms with E-state index in [-0.39, 0.29) is 12.5 Å². The highest BCUT2D eigenvalue weighted by molar-refractivity contribution is 5.99. The van der Waals surface area contributed by atoms with E-state index in [0.717, 1.165) is 0 Å². The van der Waals surface area contributed by atoms with Crippen molar-refractivity contribution < 1.29 is 9.32 Å². The van der Waals surface area contributed by atoms with Crippen molar-refractivity contribution in [2.75, 3.05) is 0 Å². The zero-order valence-electron chi connectivity index (χ0n) is 10.3. The smallest absolute Gasteiger partial charge is 0.252 e. The lowest BCUT2D eigenvalue weighted by Gasteiger charge is -2.06. The maximum absolute atomic E-state index is 12.2. The van der Waals surface area contributed by atoms with Crippen LogP contribution in [-0.2, 0) is 6.54 Å². The van der Waals surface area contributed by atoms with Gasteiger partial charge < -0.3 is 9.84 Å². The minimum absolute atomic E-state index is 0.242. The van der Waals surface area contributed by atoms with Crippen molar-refractivity contribution >= 4 is 5.91 Å². The Morgan fingerprint density at radius 3 is 2.95 bits per heavy atom. The summed E-state index contributed by atoms with van der Waals surface area (Å²) in [4.78, 5) is 12.2. The predicted octanol–water partition coefficient (Wildman–Crippen LogP) is 0.785. The van der Waals surface area contributed by atoms with Gasteiger partial charge in [0.25, 0.3) is 5.91 Å². The van der Waals surface area contributed by atoms with Gasteiger partial charge in [0.05, 0.1) is 12.1 Å². The molecule has 0 aliphatic carbocycles. The SMILES string of the molecule is O=C(NCc1ccon1)c1ccccc1-c1nn[nH]n1. The fourth-order valence-corrected chi connectivity index (χ4v) is 1.75. The number of hydrogen-bond donors (Lipinski definition) is 2. The first-order valence-electron chi connectivity index (χ1n) is 5.85. The Kier molecular flexibility index (Phi) is 3.19. The topological polar surface area (TPSA) is 110 Å². The number of aromatic amines is 1. The van der Waals surface area contributed by atoms with E-state index in [1.807, 2.05) is 0 Å². The van der Waals surface area contributed by atoms with E-state index in [4.69, 9.17) is 4.52 Å². The number of tetrazole rings is 1. The summed E-state index contributed by atoms with van der Waals surface area (Å²) in [6, 6.07) is 8.72. The second-order valence-electron chi connectivity index (χ2n) is 3.95. The van der Waals surface area contributed by atoms with Gasteiger partial charge in [-0.3, -0.25) is 4.79 Å². The van der Waals surface area contributed by atoms with Crippen LogP contribution in [0.1, 0.15) is 16.1 Å². The van der Waals surface area contributed by atoms with Crippen LogP contribution in [0.4, 0.5) is 0 Å². The lowest BCUT2D eigenvalue weighted by atomic mass is 10.1. The molecule has 0 saturated carbocycles. The van der Waals surface area contributed by atoms with Crippen LogP contribution in [0.2, 0.25) is 0 Å². The fourth-order valence-electron chi connectivity index (χ4n) is 1.75. The largest absolute Gasteiger partial charge is 0.364 e. The third-order valence-electron chi connectivity index (χ3n) is 2.68. The molecule has 0 atom stereocenters. The first-order valence-corrected chi connectivity index (χ1v) is 5.85. The minimum atomic E-state index is -0.242. The number of carbonyl (C=O) groups is 1. The summed E-state index contributed by atoms with van der Waals surface area (Å²) in [6.07, 6.45) is 1.45. The quantitative estimate of drug-likeness (QED) is 0.725. The average molecular weight is 270 g/mol. The molecular weight excluding hydrogens is 260 g/mol. The number of aromatic nitrogens is 5. The van der Waals surface area contributed by atoms with Crippen molar-refractivity contribution in [1.82, 2.24) is 31.1 Å². The van der Waals surface area contributed by atoms with Crippen molar-refractivity contribution in [3.05, 3.63) is 47.9 Å². The standard InChI is InChI=1S/C12H10N6O2/c19-12(13-7-8-5-6-20-16-8)10-4-2-1-3-9(10)11-14-17-18-15-11/h1-6H,7H2,(H,13,19)(H,14,15,17,18). The molecule has 3 rings (SSSR count). The number of nitrogens with zero attached hydrogens (tertiary/aromatic N) is 4. The molecule has 20 heavy (non-hydrogen) atoms. The Labute approximate surface area is 113 Å². The number of H-pyrrole nitrogens is 1. The van der Waals surface area contributed by atoms with Crippen LogP contribution >= 0.6 is 0 Å². The molecule has 8 heteroatoms. The van der Waals surface area contributed by atoms with Crippen molar-refractivity contribution in [2.24, 2.45) is 0 Å². The van der Waals surface area contributed by atoms with Crippen molar-refractivity contribution in [1.29, 1.82) is 0 Å². The number of hydrogen-bond acceptors (Lipinski definition) is 6. The van der Waals surface area contributed by atoms with Crippen LogP contribution in [0.25, 0.3) is 11.4 Å². The maximum atomic E-state index is 12.2. The molecule has 0 fully saturated rings. The number of benzene rings is 1. The Morgan fingerprint density at radius 1 is 1.30 bits per heavy atom. The Bertz CT molecular complexity index is 693. The van der Waals surface area contributed by atoms with Gasteiger partial charge in [0.2, 0.25) is 5.82 Å². The van der Waals surface area contributed by atoms with Gasteiger partial charge in [-0.2, -0.15) is 5.21 Å². The van der Waals surface area contributed by atoms with Gasteiger partial charge >= 0.3 is 0 Å². The summed E-state index contributed by atoms with van der Waals surface area (Å²) in [6.45, 7) is 0.288. The summed E-state index contributed by atoms with van der Waals surface area (Å²) in [5.41, 5.74) is 1.73. The van der Waals surface area contributed by atoms with Crippen LogP contribution in [0.15, 0.2) is 41.1 Å². The molecule has 2 N–H and O–H groups in total. The molecule has 8 nitrogen and oxygen atoms in total. The first-order chi connectivity index (χ1) is 9.84. The third kappa shape index (κ3) is 2.39. The molecule has 0 unspecified atom stereocenters. The number of nitrogens with one attached hydrogen (secondary N) is 2. The lowest BCUT2D eigenvalue weighted by molar-refractivity contribution is 0.0950. The molecule has 0 bridgehead atoms. The van der Waals surface area contributed by atoms with Crippen LogP contribution in [-0.4, -0.2) is 31.7 Å². The van der Waals surface area contributed by atoms with Crippen molar-refractivity contribution in [3.63, 3.8) is 0 Å². The van der Waals surface area contributed by atoms with Gasteiger partial charge in [0.1, 0.15) is 12.0 Å². The first kappa shape index (κ1) is 12.0. The molecule has 0 aliphatic rings. The van der Waals surface area contributed by atoms with Gasteiger partial charge in [-0.25, -0.2) is 0 Å². The van der Waals surface area contributed by atoms with Crippen LogP contribution in [0, 0.1) is 0 Å². The molecule has 3 aromatic rings. The van der Waals surface area contributed by atoms with E-state index in [9.17, 15) is 4.79 Å². The Morgan fingerprint density at radius 2 is 2.20 bits per heavy atom. The highest BCUT2D eigenvalue weighted by Gasteiger charge is 2.15. The minimum Gasteiger partial charge on any atom is -0.364 e. The van der Waals surface area contributed by atoms with Gasteiger partial charge in [-0.05, 0) is 11.3 Å². The van der Waals surface area contributed by atoms with E-state index in [1.54, 1.807) is 30.3 Å². The van der Waals surface area contributed by atoms with Crippen LogP contribution < -0.4 is 5.32 Å². The normalized spacial score (nSPS) is 10.4. The molecule has 2 aromatic heterocycles. The maximum Gasteiger partial charge on any atom is 0.252 e. The van der Waals surface area contributed by atoms with Gasteiger partial charge in [-0.1, -0.05) is 23.4 Å². The molecule has 1 amide bonds. The number of amides is 1. The fraction of sp³-hybridized carbons (Fsp3) is 0.0833. The summed E-state index contributed by atoms with van der Waals surface area (Å²) in [7, 11) is 0. The zero-order chi connectivity index (χ0) is 13.8. The molecule has 0 aliphatic heterocycles. The summed E-state index contributed by atoms with van der Waals surface area (Å²) >= 11 is 0. The zero-order valence-corrected chi connectivity index (χ0v) is 10.3.